The summed E-state index contributed by atoms with van der Waals surface area (Å²) in [6.07, 6.45) is 3.76. The fourth-order valence-electron chi connectivity index (χ4n) is 2.90. The van der Waals surface area contributed by atoms with E-state index in [1.807, 2.05) is 13.8 Å². The molecule has 0 bridgehead atoms. The number of rotatable bonds is 5. The predicted molar refractivity (Wildman–Crippen MR) is 78.3 cm³/mol. The molecule has 20 heavy (non-hydrogen) atoms. The van der Waals surface area contributed by atoms with Crippen molar-refractivity contribution in [1.82, 2.24) is 10.6 Å². The summed E-state index contributed by atoms with van der Waals surface area (Å²) in [7, 11) is 1.30. The molecule has 2 N–H and O–H groups in total. The van der Waals surface area contributed by atoms with Crippen molar-refractivity contribution in [3.05, 3.63) is 0 Å². The summed E-state index contributed by atoms with van der Waals surface area (Å²) in [6.45, 7) is 8.11. The molecule has 0 aromatic rings. The van der Waals surface area contributed by atoms with Crippen LogP contribution in [0.15, 0.2) is 0 Å². The highest BCUT2D eigenvalue weighted by Gasteiger charge is 2.40. The van der Waals surface area contributed by atoms with E-state index in [2.05, 4.69) is 29.2 Å². The molecule has 0 saturated heterocycles. The standard InChI is InChI=1S/C15H28N2O3/c1-10(2)12(16-14(19)20-5)13(18)17-15(11(3)4)8-6-7-9-15/h10-12H,6-9H2,1-5H3,(H,16,19)(H,17,18)/t12-/m0/s1. The normalized spacial score (nSPS) is 18.9. The molecule has 0 aromatic carbocycles. The van der Waals surface area contributed by atoms with Gasteiger partial charge in [0.2, 0.25) is 5.91 Å². The van der Waals surface area contributed by atoms with Gasteiger partial charge in [0.25, 0.3) is 0 Å². The Morgan fingerprint density at radius 3 is 2.05 bits per heavy atom. The number of hydrogen-bond donors (Lipinski definition) is 2. The molecule has 1 saturated carbocycles. The molecule has 1 fully saturated rings. The molecule has 0 aliphatic heterocycles. The van der Waals surface area contributed by atoms with Crippen LogP contribution in [0.1, 0.15) is 53.4 Å². The third-order valence-corrected chi connectivity index (χ3v) is 4.38. The molecule has 1 aliphatic carbocycles. The third kappa shape index (κ3) is 3.87. The van der Waals surface area contributed by atoms with E-state index in [1.54, 1.807) is 0 Å². The number of alkyl carbamates (subject to hydrolysis) is 1. The van der Waals surface area contributed by atoms with Gasteiger partial charge in [-0.1, -0.05) is 40.5 Å². The zero-order chi connectivity index (χ0) is 15.3. The lowest BCUT2D eigenvalue weighted by Gasteiger charge is -2.36. The second-order valence-electron chi connectivity index (χ2n) is 6.36. The minimum Gasteiger partial charge on any atom is -0.453 e. The second-order valence-corrected chi connectivity index (χ2v) is 6.36. The quantitative estimate of drug-likeness (QED) is 0.815. The highest BCUT2D eigenvalue weighted by molar-refractivity contribution is 5.86. The first-order valence-electron chi connectivity index (χ1n) is 7.49. The van der Waals surface area contributed by atoms with Crippen molar-refractivity contribution >= 4 is 12.0 Å². The van der Waals surface area contributed by atoms with Gasteiger partial charge in [0, 0.05) is 5.54 Å². The summed E-state index contributed by atoms with van der Waals surface area (Å²) in [5.41, 5.74) is -0.123. The highest BCUT2D eigenvalue weighted by Crippen LogP contribution is 2.36. The first-order chi connectivity index (χ1) is 9.32. The maximum Gasteiger partial charge on any atom is 0.407 e. The van der Waals surface area contributed by atoms with Crippen LogP contribution in [0, 0.1) is 11.8 Å². The van der Waals surface area contributed by atoms with Gasteiger partial charge in [-0.15, -0.1) is 0 Å². The van der Waals surface area contributed by atoms with Crippen molar-refractivity contribution in [2.45, 2.75) is 65.0 Å². The molecule has 5 nitrogen and oxygen atoms in total. The molecule has 116 valence electrons. The van der Waals surface area contributed by atoms with Gasteiger partial charge >= 0.3 is 6.09 Å². The van der Waals surface area contributed by atoms with Crippen LogP contribution >= 0.6 is 0 Å². The molecule has 0 spiro atoms. The van der Waals surface area contributed by atoms with E-state index in [9.17, 15) is 9.59 Å². The molecule has 1 aliphatic rings. The Hall–Kier alpha value is -1.26. The van der Waals surface area contributed by atoms with Gasteiger partial charge in [-0.3, -0.25) is 4.79 Å². The fraction of sp³-hybridized carbons (Fsp3) is 0.867. The molecule has 0 radical (unpaired) electrons. The summed E-state index contributed by atoms with van der Waals surface area (Å²) < 4.78 is 4.59. The molecule has 1 rings (SSSR count). The van der Waals surface area contributed by atoms with Crippen LogP contribution in [0.2, 0.25) is 0 Å². The second kappa shape index (κ2) is 6.95. The largest absolute Gasteiger partial charge is 0.453 e. The summed E-state index contributed by atoms with van der Waals surface area (Å²) in [6, 6.07) is -0.557. The predicted octanol–water partition coefficient (Wildman–Crippen LogP) is 2.45. The Labute approximate surface area is 121 Å². The Kier molecular flexibility index (Phi) is 5.84. The maximum atomic E-state index is 12.5. The molecule has 0 aromatic heterocycles. The first-order valence-corrected chi connectivity index (χ1v) is 7.49. The zero-order valence-corrected chi connectivity index (χ0v) is 13.3. The van der Waals surface area contributed by atoms with Gasteiger partial charge in [-0.05, 0) is 24.7 Å². The summed E-state index contributed by atoms with van der Waals surface area (Å²) in [4.78, 5) is 23.9. The number of carbonyl (C=O) groups excluding carboxylic acids is 2. The van der Waals surface area contributed by atoms with Crippen LogP contribution in [-0.4, -0.2) is 30.7 Å². The van der Waals surface area contributed by atoms with Crippen molar-refractivity contribution < 1.29 is 14.3 Å². The number of amides is 2. The number of methoxy groups -OCH3 is 1. The minimum absolute atomic E-state index is 0.0136. The van der Waals surface area contributed by atoms with Gasteiger partial charge in [0.15, 0.2) is 0 Å². The average Bonchev–Trinajstić information content (AvgIpc) is 2.84. The third-order valence-electron chi connectivity index (χ3n) is 4.38. The van der Waals surface area contributed by atoms with Gasteiger partial charge in [-0.2, -0.15) is 0 Å². The molecule has 2 amide bonds. The summed E-state index contributed by atoms with van der Waals surface area (Å²) >= 11 is 0. The van der Waals surface area contributed by atoms with E-state index in [1.165, 1.54) is 7.11 Å². The molecule has 0 heterocycles. The molecule has 0 unspecified atom stereocenters. The Balaban J connectivity index is 2.77. The molecule has 1 atom stereocenters. The van der Waals surface area contributed by atoms with E-state index in [-0.39, 0.29) is 17.4 Å². The number of hydrogen-bond acceptors (Lipinski definition) is 3. The molecular weight excluding hydrogens is 256 g/mol. The lowest BCUT2D eigenvalue weighted by molar-refractivity contribution is -0.126. The van der Waals surface area contributed by atoms with Gasteiger partial charge in [0.1, 0.15) is 6.04 Å². The topological polar surface area (TPSA) is 67.4 Å². The smallest absolute Gasteiger partial charge is 0.407 e. The fourth-order valence-corrected chi connectivity index (χ4v) is 2.90. The highest BCUT2D eigenvalue weighted by atomic mass is 16.5. The van der Waals surface area contributed by atoms with E-state index < -0.39 is 12.1 Å². The van der Waals surface area contributed by atoms with Gasteiger partial charge < -0.3 is 15.4 Å². The van der Waals surface area contributed by atoms with Gasteiger partial charge in [0.05, 0.1) is 7.11 Å². The lowest BCUT2D eigenvalue weighted by atomic mass is 9.84. The van der Waals surface area contributed by atoms with Crippen molar-refractivity contribution in [3.8, 4) is 0 Å². The van der Waals surface area contributed by atoms with Crippen LogP contribution < -0.4 is 10.6 Å². The SMILES string of the molecule is COC(=O)N[C@H](C(=O)NC1(C(C)C)CCCC1)C(C)C. The van der Waals surface area contributed by atoms with E-state index in [0.29, 0.717) is 5.92 Å². The summed E-state index contributed by atoms with van der Waals surface area (Å²) in [5, 5.41) is 5.82. The first kappa shape index (κ1) is 16.8. The zero-order valence-electron chi connectivity index (χ0n) is 13.3. The van der Waals surface area contributed by atoms with Crippen molar-refractivity contribution in [2.75, 3.05) is 7.11 Å². The van der Waals surface area contributed by atoms with Crippen LogP contribution in [0.3, 0.4) is 0 Å². The minimum atomic E-state index is -0.566. The van der Waals surface area contributed by atoms with Crippen LogP contribution in [-0.2, 0) is 9.53 Å². The Morgan fingerprint density at radius 2 is 1.65 bits per heavy atom. The number of nitrogens with one attached hydrogen (secondary N) is 2. The number of carbonyl (C=O) groups is 2. The van der Waals surface area contributed by atoms with Crippen molar-refractivity contribution in [2.24, 2.45) is 11.8 Å². The lowest BCUT2D eigenvalue weighted by Crippen LogP contribution is -2.58. The molecule has 5 heteroatoms. The number of ether oxygens (including phenoxy) is 1. The summed E-state index contributed by atoms with van der Waals surface area (Å²) in [5.74, 6) is 0.292. The van der Waals surface area contributed by atoms with Gasteiger partial charge in [-0.25, -0.2) is 4.79 Å². The Morgan fingerprint density at radius 1 is 1.10 bits per heavy atom. The van der Waals surface area contributed by atoms with Crippen LogP contribution in [0.4, 0.5) is 4.79 Å². The van der Waals surface area contributed by atoms with Crippen LogP contribution in [0.25, 0.3) is 0 Å². The molecular formula is C15H28N2O3. The van der Waals surface area contributed by atoms with E-state index in [0.717, 1.165) is 25.7 Å². The average molecular weight is 284 g/mol. The monoisotopic (exact) mass is 284 g/mol. The van der Waals surface area contributed by atoms with E-state index in [4.69, 9.17) is 0 Å². The Bertz CT molecular complexity index is 347. The maximum absolute atomic E-state index is 12.5. The van der Waals surface area contributed by atoms with E-state index >= 15 is 0 Å². The van der Waals surface area contributed by atoms with Crippen LogP contribution in [0.5, 0.6) is 0 Å². The van der Waals surface area contributed by atoms with Crippen molar-refractivity contribution in [1.29, 1.82) is 0 Å². The van der Waals surface area contributed by atoms with Crippen molar-refractivity contribution in [3.63, 3.8) is 0 Å².